The molecule has 2 rings (SSSR count). The van der Waals surface area contributed by atoms with Crippen LogP contribution in [0.25, 0.3) is 10.1 Å². The number of halogens is 1. The van der Waals surface area contributed by atoms with E-state index in [-0.39, 0.29) is 0 Å². The maximum atomic E-state index is 4.50. The van der Waals surface area contributed by atoms with Gasteiger partial charge in [-0.2, -0.15) is 0 Å². The molecule has 0 fully saturated rings. The summed E-state index contributed by atoms with van der Waals surface area (Å²) in [6.45, 7) is 2.19. The van der Waals surface area contributed by atoms with E-state index in [0.717, 1.165) is 16.6 Å². The molecule has 0 radical (unpaired) electrons. The molecule has 0 atom stereocenters. The Hall–Kier alpha value is 0.01000. The molecular weight excluding hydrogens is 276 g/mol. The van der Waals surface area contributed by atoms with Crippen LogP contribution in [0, 0.1) is 0 Å². The Morgan fingerprint density at radius 3 is 2.71 bits per heavy atom. The molecule has 0 N–H and O–H groups in total. The van der Waals surface area contributed by atoms with E-state index in [1.54, 1.807) is 11.3 Å². The molecule has 0 bridgehead atoms. The number of hydrogen-bond donors (Lipinski definition) is 1. The fraction of sp³-hybridized carbons (Fsp3) is 0.273. The van der Waals surface area contributed by atoms with Gasteiger partial charge in [0.25, 0.3) is 0 Å². The minimum absolute atomic E-state index is 0.901. The minimum atomic E-state index is 0.901. The molecule has 1 aromatic heterocycles. The first-order valence-corrected chi connectivity index (χ1v) is 6.99. The summed E-state index contributed by atoms with van der Waals surface area (Å²) in [7, 11) is 0. The van der Waals surface area contributed by atoms with Crippen LogP contribution in [0.5, 0.6) is 0 Å². The number of hydrogen-bond acceptors (Lipinski definition) is 2. The monoisotopic (exact) mass is 286 g/mol. The molecule has 0 spiro atoms. The lowest BCUT2D eigenvalue weighted by Crippen LogP contribution is -1.85. The summed E-state index contributed by atoms with van der Waals surface area (Å²) < 4.78 is 1.40. The third kappa shape index (κ3) is 1.62. The molecular formula is C11H11BrS2. The smallest absolute Gasteiger partial charge is 0.0389 e. The first-order valence-electron chi connectivity index (χ1n) is 4.54. The van der Waals surface area contributed by atoms with Crippen molar-refractivity contribution in [3.05, 3.63) is 28.6 Å². The average molecular weight is 287 g/mol. The minimum Gasteiger partial charge on any atom is -0.142 e. The highest BCUT2D eigenvalue weighted by Gasteiger charge is 2.08. The van der Waals surface area contributed by atoms with Gasteiger partial charge in [0.1, 0.15) is 0 Å². The van der Waals surface area contributed by atoms with E-state index in [9.17, 15) is 0 Å². The summed E-state index contributed by atoms with van der Waals surface area (Å²) in [5.74, 6) is 0. The molecule has 0 saturated carbocycles. The second kappa shape index (κ2) is 4.25. The van der Waals surface area contributed by atoms with Crippen LogP contribution in [0.1, 0.15) is 18.1 Å². The zero-order valence-corrected chi connectivity index (χ0v) is 11.2. The van der Waals surface area contributed by atoms with E-state index in [0.29, 0.717) is 0 Å². The summed E-state index contributed by atoms with van der Waals surface area (Å²) in [6.07, 6.45) is 1.09. The van der Waals surface area contributed by atoms with Crippen molar-refractivity contribution in [2.45, 2.75) is 23.6 Å². The zero-order valence-electron chi connectivity index (χ0n) is 7.88. The molecule has 0 saturated heterocycles. The van der Waals surface area contributed by atoms with Gasteiger partial charge in [-0.25, -0.2) is 0 Å². The molecule has 0 aliphatic heterocycles. The Balaban J connectivity index is 2.81. The Bertz CT molecular complexity index is 460. The molecule has 74 valence electrons. The predicted molar refractivity (Wildman–Crippen MR) is 71.1 cm³/mol. The number of thiophene rings is 1. The number of alkyl halides is 1. The van der Waals surface area contributed by atoms with Gasteiger partial charge in [0.2, 0.25) is 0 Å². The van der Waals surface area contributed by atoms with Crippen LogP contribution in [0.4, 0.5) is 0 Å². The standard InChI is InChI=1S/C11H11BrS2/c1-2-7-3-4-8(5-12)10-9(13)6-14-11(7)10/h3-4,6,13H,2,5H2,1H3. The van der Waals surface area contributed by atoms with Crippen LogP contribution < -0.4 is 0 Å². The van der Waals surface area contributed by atoms with Crippen molar-refractivity contribution < 1.29 is 0 Å². The van der Waals surface area contributed by atoms with Crippen molar-refractivity contribution in [1.29, 1.82) is 0 Å². The largest absolute Gasteiger partial charge is 0.142 e. The van der Waals surface area contributed by atoms with Crippen molar-refractivity contribution in [3.8, 4) is 0 Å². The second-order valence-corrected chi connectivity index (χ2v) is 5.12. The van der Waals surface area contributed by atoms with E-state index in [2.05, 4.69) is 53.0 Å². The number of fused-ring (bicyclic) bond motifs is 1. The van der Waals surface area contributed by atoms with Crippen LogP contribution in [-0.4, -0.2) is 0 Å². The SMILES string of the molecule is CCc1ccc(CBr)c2c(S)csc12. The molecule has 1 heterocycles. The van der Waals surface area contributed by atoms with Gasteiger partial charge in [-0.3, -0.25) is 0 Å². The predicted octanol–water partition coefficient (Wildman–Crippen LogP) is 4.65. The number of rotatable bonds is 2. The van der Waals surface area contributed by atoms with E-state index >= 15 is 0 Å². The van der Waals surface area contributed by atoms with Gasteiger partial charge in [0, 0.05) is 25.7 Å². The molecule has 2 aromatic rings. The van der Waals surface area contributed by atoms with Gasteiger partial charge in [0.15, 0.2) is 0 Å². The van der Waals surface area contributed by atoms with Crippen LogP contribution in [0.2, 0.25) is 0 Å². The first-order chi connectivity index (χ1) is 6.77. The van der Waals surface area contributed by atoms with Crippen LogP contribution >= 0.6 is 39.9 Å². The first kappa shape index (κ1) is 10.5. The van der Waals surface area contributed by atoms with E-state index < -0.39 is 0 Å². The maximum Gasteiger partial charge on any atom is 0.0389 e. The van der Waals surface area contributed by atoms with Crippen molar-refractivity contribution >= 4 is 50.0 Å². The average Bonchev–Trinajstić information content (AvgIpc) is 2.60. The second-order valence-electron chi connectivity index (χ2n) is 3.20. The summed E-state index contributed by atoms with van der Waals surface area (Å²) in [6, 6.07) is 4.42. The van der Waals surface area contributed by atoms with Gasteiger partial charge in [-0.05, 0) is 17.5 Å². The number of thiol groups is 1. The van der Waals surface area contributed by atoms with Gasteiger partial charge in [0.05, 0.1) is 0 Å². The molecule has 0 aliphatic rings. The molecule has 1 aromatic carbocycles. The van der Waals surface area contributed by atoms with Crippen molar-refractivity contribution in [2.24, 2.45) is 0 Å². The molecule has 0 nitrogen and oxygen atoms in total. The van der Waals surface area contributed by atoms with E-state index in [1.165, 1.54) is 21.2 Å². The Morgan fingerprint density at radius 1 is 1.36 bits per heavy atom. The van der Waals surface area contributed by atoms with Crippen LogP contribution in [0.3, 0.4) is 0 Å². The van der Waals surface area contributed by atoms with Crippen molar-refractivity contribution in [1.82, 2.24) is 0 Å². The van der Waals surface area contributed by atoms with E-state index in [4.69, 9.17) is 0 Å². The lowest BCUT2D eigenvalue weighted by Gasteiger charge is -2.04. The lowest BCUT2D eigenvalue weighted by molar-refractivity contribution is 1.16. The highest BCUT2D eigenvalue weighted by Crippen LogP contribution is 2.35. The quantitative estimate of drug-likeness (QED) is 0.603. The zero-order chi connectivity index (χ0) is 10.1. The summed E-state index contributed by atoms with van der Waals surface area (Å²) in [4.78, 5) is 1.11. The fourth-order valence-electron chi connectivity index (χ4n) is 1.65. The normalized spacial score (nSPS) is 11.1. The Morgan fingerprint density at radius 2 is 2.07 bits per heavy atom. The van der Waals surface area contributed by atoms with Crippen molar-refractivity contribution in [3.63, 3.8) is 0 Å². The van der Waals surface area contributed by atoms with Crippen molar-refractivity contribution in [2.75, 3.05) is 0 Å². The molecule has 14 heavy (non-hydrogen) atoms. The Kier molecular flexibility index (Phi) is 3.20. The Labute approximate surface area is 102 Å². The summed E-state index contributed by atoms with van der Waals surface area (Å²) in [5, 5.41) is 4.35. The fourth-order valence-corrected chi connectivity index (χ4v) is 3.67. The van der Waals surface area contributed by atoms with Gasteiger partial charge < -0.3 is 0 Å². The lowest BCUT2D eigenvalue weighted by atomic mass is 10.1. The number of benzene rings is 1. The molecule has 0 unspecified atom stereocenters. The van der Waals surface area contributed by atoms with Crippen LogP contribution in [0.15, 0.2) is 22.4 Å². The summed E-state index contributed by atoms with van der Waals surface area (Å²) in [5.41, 5.74) is 2.76. The van der Waals surface area contributed by atoms with Gasteiger partial charge in [-0.15, -0.1) is 24.0 Å². The van der Waals surface area contributed by atoms with E-state index in [1.807, 2.05) is 0 Å². The molecule has 0 aliphatic carbocycles. The highest BCUT2D eigenvalue weighted by atomic mass is 79.9. The molecule has 0 amide bonds. The van der Waals surface area contributed by atoms with Gasteiger partial charge >= 0.3 is 0 Å². The topological polar surface area (TPSA) is 0 Å². The maximum absolute atomic E-state index is 4.50. The summed E-state index contributed by atoms with van der Waals surface area (Å²) >= 11 is 9.81. The van der Waals surface area contributed by atoms with Gasteiger partial charge in [-0.1, -0.05) is 35.0 Å². The highest BCUT2D eigenvalue weighted by molar-refractivity contribution is 9.08. The molecule has 3 heteroatoms. The van der Waals surface area contributed by atoms with Crippen LogP contribution in [-0.2, 0) is 11.8 Å². The third-order valence-corrected chi connectivity index (χ3v) is 4.58. The third-order valence-electron chi connectivity index (χ3n) is 2.39. The number of aryl methyl sites for hydroxylation is 1.